The third kappa shape index (κ3) is 9.58. The van der Waals surface area contributed by atoms with Crippen LogP contribution in [0, 0.1) is 5.41 Å². The molecule has 3 aliphatic rings. The third-order valence-corrected chi connectivity index (χ3v) is 13.4. The lowest BCUT2D eigenvalue weighted by atomic mass is 9.71. The molecule has 16 nitrogen and oxygen atoms in total. The van der Waals surface area contributed by atoms with E-state index in [9.17, 15) is 38.4 Å². The first kappa shape index (κ1) is 47.4. The van der Waals surface area contributed by atoms with Crippen molar-refractivity contribution in [1.29, 1.82) is 0 Å². The first-order valence-corrected chi connectivity index (χ1v) is 22.8. The van der Waals surface area contributed by atoms with Crippen molar-refractivity contribution < 1.29 is 42.7 Å². The van der Waals surface area contributed by atoms with Crippen molar-refractivity contribution in [3.8, 4) is 11.3 Å². The molecule has 69 heavy (non-hydrogen) atoms. The minimum atomic E-state index is -0.979. The molecule has 1 atom stereocenters. The van der Waals surface area contributed by atoms with Crippen molar-refractivity contribution in [2.75, 3.05) is 24.3 Å². The number of aromatic nitrogens is 3. The summed E-state index contributed by atoms with van der Waals surface area (Å²) in [4.78, 5) is 108. The third-order valence-electron chi connectivity index (χ3n) is 12.2. The summed E-state index contributed by atoms with van der Waals surface area (Å²) in [7, 11) is 1.23. The molecule has 0 bridgehead atoms. The zero-order valence-electron chi connectivity index (χ0n) is 38.5. The van der Waals surface area contributed by atoms with Crippen molar-refractivity contribution in [2.24, 2.45) is 5.41 Å². The maximum absolute atomic E-state index is 13.9. The predicted molar refractivity (Wildman–Crippen MR) is 261 cm³/mol. The molecular formula is C52H46N6O10S. The van der Waals surface area contributed by atoms with E-state index < -0.39 is 45.9 Å². The number of ketones is 2. The number of benzene rings is 3. The number of esters is 1. The maximum atomic E-state index is 13.9. The molecule has 8 rings (SSSR count). The normalized spacial score (nSPS) is 17.6. The molecule has 0 fully saturated rings. The van der Waals surface area contributed by atoms with Gasteiger partial charge in [-0.1, -0.05) is 73.7 Å². The number of anilines is 2. The molecule has 4 amide bonds. The standard InChI is InChI=1S/C52H46N6O10S/c1-28-29(2)47(62)45(30(3)46(28)61)52(4,5)26-42(59)53-37-20-19-36-44-34(37)15-12-16-35(44)49(64)58(50(36)65)22-21-57-27-39(55-56-57)31-17-18-32-23-38(51(66)68-40(32)24-31)54-48(63)41(25-43(60)67-6)69-33-13-10-8-7-9-11-14-33/h7-20,23-24,27,41H,21-22,25-26H2,1-6H3,(H,53,59)(H,54,63)/b8-7-,9-7?,10-8?,11-9-,13-10-,14-11?,33-13?,33-14+. The average molecular weight is 947 g/mol. The van der Waals surface area contributed by atoms with Crippen LogP contribution in [0.1, 0.15) is 68.2 Å². The van der Waals surface area contributed by atoms with Crippen LogP contribution in [-0.4, -0.2) is 80.0 Å². The topological polar surface area (TPSA) is 217 Å². The van der Waals surface area contributed by atoms with Gasteiger partial charge in [0.15, 0.2) is 11.6 Å². The summed E-state index contributed by atoms with van der Waals surface area (Å²) in [5.41, 5.74) is 1.60. The molecule has 0 radical (unpaired) electrons. The van der Waals surface area contributed by atoms with Crippen LogP contribution in [0.3, 0.4) is 0 Å². The summed E-state index contributed by atoms with van der Waals surface area (Å²) in [6.07, 6.45) is 14.0. The first-order valence-electron chi connectivity index (χ1n) is 21.9. The highest BCUT2D eigenvalue weighted by Crippen LogP contribution is 2.40. The Kier molecular flexibility index (Phi) is 13.3. The Morgan fingerprint density at radius 1 is 0.812 bits per heavy atom. The van der Waals surface area contributed by atoms with E-state index in [-0.39, 0.29) is 59.9 Å². The predicted octanol–water partition coefficient (Wildman–Crippen LogP) is 7.83. The fraction of sp³-hybridized carbons (Fsp3) is 0.231. The highest BCUT2D eigenvalue weighted by atomic mass is 32.2. The molecule has 0 saturated carbocycles. The SMILES string of the molecule is COC(=O)CC(SC1=C/C=C\C=C/C=C\1)C(=O)Nc1cc2ccc(-c3cn(CCN4C(=O)c5cccc6c(NC(=O)CC(C)(C)C7=C(C)C(=O)C(C)=C(C)C7=O)ccc(c56)C4=O)nn3)cc2oc1=O. The number of hydrogen-bond donors (Lipinski definition) is 2. The summed E-state index contributed by atoms with van der Waals surface area (Å²) in [5.74, 6) is -3.13. The van der Waals surface area contributed by atoms with E-state index in [1.165, 1.54) is 17.9 Å². The molecular weight excluding hydrogens is 901 g/mol. The minimum Gasteiger partial charge on any atom is -0.469 e. The highest BCUT2D eigenvalue weighted by molar-refractivity contribution is 8.04. The molecule has 2 aliphatic carbocycles. The van der Waals surface area contributed by atoms with Gasteiger partial charge in [-0.25, -0.2) is 4.79 Å². The number of nitrogens with zero attached hydrogens (tertiary/aromatic N) is 4. The van der Waals surface area contributed by atoms with Gasteiger partial charge in [0.2, 0.25) is 11.8 Å². The lowest BCUT2D eigenvalue weighted by Gasteiger charge is -2.31. The number of carbonyl (C=O) groups excluding carboxylic acids is 7. The van der Waals surface area contributed by atoms with Gasteiger partial charge in [-0.15, -0.1) is 16.9 Å². The summed E-state index contributed by atoms with van der Waals surface area (Å²) < 4.78 is 11.9. The Morgan fingerprint density at radius 2 is 1.54 bits per heavy atom. The van der Waals surface area contributed by atoms with Crippen molar-refractivity contribution in [3.05, 3.63) is 152 Å². The fourth-order valence-electron chi connectivity index (χ4n) is 8.58. The molecule has 0 spiro atoms. The summed E-state index contributed by atoms with van der Waals surface area (Å²) in [6.45, 7) is 8.39. The second-order valence-corrected chi connectivity index (χ2v) is 18.6. The molecule has 2 N–H and O–H groups in total. The smallest absolute Gasteiger partial charge is 0.360 e. The average Bonchev–Trinajstić information content (AvgIpc) is 3.79. The number of thioether (sulfide) groups is 1. The Hall–Kier alpha value is -8.05. The Bertz CT molecular complexity index is 3310. The van der Waals surface area contributed by atoms with Crippen molar-refractivity contribution in [3.63, 3.8) is 0 Å². The largest absolute Gasteiger partial charge is 0.469 e. The molecule has 0 saturated heterocycles. The lowest BCUT2D eigenvalue weighted by Crippen LogP contribution is -2.42. The molecule has 3 heterocycles. The van der Waals surface area contributed by atoms with Crippen LogP contribution in [0.5, 0.6) is 0 Å². The molecule has 350 valence electrons. The van der Waals surface area contributed by atoms with E-state index in [0.717, 1.165) is 21.6 Å². The second kappa shape index (κ2) is 19.3. The van der Waals surface area contributed by atoms with Gasteiger partial charge in [0, 0.05) is 84.1 Å². The van der Waals surface area contributed by atoms with Gasteiger partial charge in [0.05, 0.1) is 31.5 Å². The van der Waals surface area contributed by atoms with Crippen molar-refractivity contribution >= 4 is 86.0 Å². The van der Waals surface area contributed by atoms with Crippen LogP contribution in [0.25, 0.3) is 33.0 Å². The van der Waals surface area contributed by atoms with E-state index >= 15 is 0 Å². The number of ether oxygens (including phenoxy) is 1. The fourth-order valence-corrected chi connectivity index (χ4v) is 9.61. The molecule has 17 heteroatoms. The molecule has 1 aliphatic heterocycles. The maximum Gasteiger partial charge on any atom is 0.360 e. The second-order valence-electron chi connectivity index (χ2n) is 17.3. The van der Waals surface area contributed by atoms with Gasteiger partial charge in [0.25, 0.3) is 11.8 Å². The zero-order valence-corrected chi connectivity index (χ0v) is 39.3. The summed E-state index contributed by atoms with van der Waals surface area (Å²) >= 11 is 1.15. The molecule has 5 aromatic rings. The number of imide groups is 1. The Morgan fingerprint density at radius 3 is 2.30 bits per heavy atom. The first-order chi connectivity index (χ1) is 32.9. The van der Waals surface area contributed by atoms with Gasteiger partial charge < -0.3 is 19.8 Å². The van der Waals surface area contributed by atoms with E-state index in [1.807, 2.05) is 30.4 Å². The molecule has 2 aromatic heterocycles. The highest BCUT2D eigenvalue weighted by Gasteiger charge is 2.39. The minimum absolute atomic E-state index is 0.0443. The lowest BCUT2D eigenvalue weighted by molar-refractivity contribution is -0.141. The number of amides is 4. The Labute approximate surface area is 399 Å². The quantitative estimate of drug-likeness (QED) is 0.0470. The summed E-state index contributed by atoms with van der Waals surface area (Å²) in [5, 5.41) is 14.5. The number of Topliss-reactive ketones (excluding diaryl/α,β-unsaturated/α-hetero) is 2. The zero-order chi connectivity index (χ0) is 49.3. The van der Waals surface area contributed by atoms with Crippen LogP contribution in [-0.2, 0) is 35.3 Å². The number of rotatable bonds is 14. The van der Waals surface area contributed by atoms with Crippen LogP contribution >= 0.6 is 11.8 Å². The van der Waals surface area contributed by atoms with Gasteiger partial charge >= 0.3 is 11.6 Å². The monoisotopic (exact) mass is 946 g/mol. The number of hydrogen-bond acceptors (Lipinski definition) is 13. The number of fused-ring (bicyclic) bond motifs is 1. The van der Waals surface area contributed by atoms with Crippen LogP contribution < -0.4 is 16.3 Å². The van der Waals surface area contributed by atoms with Crippen LogP contribution in [0.15, 0.2) is 140 Å². The van der Waals surface area contributed by atoms with Gasteiger partial charge in [-0.05, 0) is 63.3 Å². The molecule has 1 unspecified atom stereocenters. The van der Waals surface area contributed by atoms with E-state index in [1.54, 1.807) is 101 Å². The number of carbonyl (C=O) groups is 7. The van der Waals surface area contributed by atoms with Gasteiger partial charge in [-0.2, -0.15) is 0 Å². The Balaban J connectivity index is 0.933. The molecule has 3 aromatic carbocycles. The van der Waals surface area contributed by atoms with E-state index in [0.29, 0.717) is 55.4 Å². The number of allylic oxidation sites excluding steroid dienone is 11. The van der Waals surface area contributed by atoms with Crippen molar-refractivity contribution in [2.45, 2.75) is 59.3 Å². The van der Waals surface area contributed by atoms with Crippen LogP contribution in [0.2, 0.25) is 0 Å². The van der Waals surface area contributed by atoms with E-state index in [4.69, 9.17) is 9.15 Å². The van der Waals surface area contributed by atoms with E-state index in [2.05, 4.69) is 20.9 Å². The van der Waals surface area contributed by atoms with Crippen molar-refractivity contribution in [1.82, 2.24) is 19.9 Å². The van der Waals surface area contributed by atoms with Gasteiger partial charge in [0.1, 0.15) is 17.0 Å². The number of methoxy groups -OCH3 is 1. The summed E-state index contributed by atoms with van der Waals surface area (Å²) in [6, 6.07) is 14.7. The van der Waals surface area contributed by atoms with Crippen LogP contribution in [0.4, 0.5) is 11.4 Å². The number of nitrogens with one attached hydrogen (secondary N) is 2. The van der Waals surface area contributed by atoms with Gasteiger partial charge in [-0.3, -0.25) is 43.1 Å².